The average molecular weight is 425 g/mol. The highest BCUT2D eigenvalue weighted by molar-refractivity contribution is 5.63. The smallest absolute Gasteiger partial charge is 0.421 e. The van der Waals surface area contributed by atoms with Gasteiger partial charge in [0.25, 0.3) is 0 Å². The second kappa shape index (κ2) is 11.0. The van der Waals surface area contributed by atoms with Gasteiger partial charge in [-0.15, -0.1) is 0 Å². The van der Waals surface area contributed by atoms with E-state index in [0.717, 1.165) is 38.3 Å². The molecule has 1 unspecified atom stereocenters. The SMILES string of the molecule is CCCCCCOc1ncc(C(F)(F)F)c(N(C)c2ccc(OC(C)CC)cc2)n1. The van der Waals surface area contributed by atoms with Gasteiger partial charge in [-0.05, 0) is 44.0 Å². The number of rotatable bonds is 11. The fraction of sp³-hybridized carbons (Fsp3) is 0.545. The Bertz CT molecular complexity index is 782. The van der Waals surface area contributed by atoms with E-state index in [-0.39, 0.29) is 17.9 Å². The Balaban J connectivity index is 2.22. The molecule has 0 N–H and O–H groups in total. The van der Waals surface area contributed by atoms with Gasteiger partial charge in [0.2, 0.25) is 0 Å². The van der Waals surface area contributed by atoms with Gasteiger partial charge < -0.3 is 14.4 Å². The van der Waals surface area contributed by atoms with E-state index in [1.807, 2.05) is 13.8 Å². The zero-order valence-corrected chi connectivity index (χ0v) is 18.0. The van der Waals surface area contributed by atoms with E-state index >= 15 is 0 Å². The summed E-state index contributed by atoms with van der Waals surface area (Å²) in [7, 11) is 1.53. The molecule has 2 aromatic rings. The van der Waals surface area contributed by atoms with Crippen LogP contribution in [0.25, 0.3) is 0 Å². The summed E-state index contributed by atoms with van der Waals surface area (Å²) in [5.41, 5.74) is -0.368. The van der Waals surface area contributed by atoms with Gasteiger partial charge >= 0.3 is 12.2 Å². The number of benzene rings is 1. The summed E-state index contributed by atoms with van der Waals surface area (Å²) in [5, 5.41) is 0. The molecule has 1 heterocycles. The molecule has 5 nitrogen and oxygen atoms in total. The van der Waals surface area contributed by atoms with Crippen molar-refractivity contribution in [3.8, 4) is 11.8 Å². The normalized spacial score (nSPS) is 12.5. The standard InChI is InChI=1S/C22H30F3N3O2/c1-5-7-8-9-14-29-21-26-15-19(22(23,24)25)20(27-21)28(4)17-10-12-18(13-11-17)30-16(3)6-2/h10-13,15-16H,5-9,14H2,1-4H3. The summed E-state index contributed by atoms with van der Waals surface area (Å²) < 4.78 is 51.8. The molecule has 166 valence electrons. The second-order valence-corrected chi connectivity index (χ2v) is 7.19. The van der Waals surface area contributed by atoms with Crippen molar-refractivity contribution < 1.29 is 22.6 Å². The maximum atomic E-state index is 13.5. The quantitative estimate of drug-likeness (QED) is 0.390. The van der Waals surface area contributed by atoms with Crippen molar-refractivity contribution in [3.63, 3.8) is 0 Å². The summed E-state index contributed by atoms with van der Waals surface area (Å²) in [5.74, 6) is 0.410. The Hall–Kier alpha value is -2.51. The number of nitrogens with zero attached hydrogens (tertiary/aromatic N) is 3. The molecule has 30 heavy (non-hydrogen) atoms. The monoisotopic (exact) mass is 425 g/mol. The second-order valence-electron chi connectivity index (χ2n) is 7.19. The molecule has 0 saturated heterocycles. The topological polar surface area (TPSA) is 47.5 Å². The van der Waals surface area contributed by atoms with Crippen LogP contribution in [0, 0.1) is 0 Å². The third kappa shape index (κ3) is 6.78. The zero-order chi connectivity index (χ0) is 22.1. The Labute approximate surface area is 176 Å². The molecule has 0 aliphatic heterocycles. The van der Waals surface area contributed by atoms with Crippen molar-refractivity contribution in [3.05, 3.63) is 36.0 Å². The number of aromatic nitrogens is 2. The molecular weight excluding hydrogens is 395 g/mol. The average Bonchev–Trinajstić information content (AvgIpc) is 2.72. The van der Waals surface area contributed by atoms with Gasteiger partial charge in [0, 0.05) is 18.9 Å². The lowest BCUT2D eigenvalue weighted by atomic mass is 10.2. The van der Waals surface area contributed by atoms with Crippen molar-refractivity contribution in [1.82, 2.24) is 9.97 Å². The van der Waals surface area contributed by atoms with Crippen LogP contribution in [-0.4, -0.2) is 29.7 Å². The molecule has 1 aromatic heterocycles. The third-order valence-electron chi connectivity index (χ3n) is 4.73. The first-order valence-electron chi connectivity index (χ1n) is 10.3. The van der Waals surface area contributed by atoms with E-state index in [1.165, 1.54) is 11.9 Å². The maximum absolute atomic E-state index is 13.5. The predicted octanol–water partition coefficient (Wildman–Crippen LogP) is 6.40. The number of alkyl halides is 3. The number of unbranched alkanes of at least 4 members (excludes halogenated alkanes) is 3. The summed E-state index contributed by atoms with van der Waals surface area (Å²) in [6.45, 7) is 6.45. The minimum absolute atomic E-state index is 0.0573. The Morgan fingerprint density at radius 3 is 2.37 bits per heavy atom. The minimum Gasteiger partial charge on any atom is -0.491 e. The number of hydrogen-bond donors (Lipinski definition) is 0. The Kier molecular flexibility index (Phi) is 8.74. The van der Waals surface area contributed by atoms with Crippen molar-refractivity contribution in [2.24, 2.45) is 0 Å². The van der Waals surface area contributed by atoms with E-state index in [2.05, 4.69) is 16.9 Å². The van der Waals surface area contributed by atoms with Crippen molar-refractivity contribution in [2.45, 2.75) is 65.2 Å². The van der Waals surface area contributed by atoms with E-state index in [0.29, 0.717) is 18.0 Å². The molecule has 1 aromatic carbocycles. The van der Waals surface area contributed by atoms with Gasteiger partial charge in [-0.1, -0.05) is 33.1 Å². The lowest BCUT2D eigenvalue weighted by molar-refractivity contribution is -0.137. The van der Waals surface area contributed by atoms with Gasteiger partial charge in [0.1, 0.15) is 11.3 Å². The van der Waals surface area contributed by atoms with E-state index in [1.54, 1.807) is 24.3 Å². The first-order chi connectivity index (χ1) is 14.3. The van der Waals surface area contributed by atoms with Crippen LogP contribution < -0.4 is 14.4 Å². The maximum Gasteiger partial charge on any atom is 0.421 e. The minimum atomic E-state index is -4.58. The van der Waals surface area contributed by atoms with Crippen molar-refractivity contribution in [2.75, 3.05) is 18.6 Å². The first kappa shape index (κ1) is 23.8. The van der Waals surface area contributed by atoms with Gasteiger partial charge in [0.15, 0.2) is 5.82 Å². The van der Waals surface area contributed by atoms with E-state index < -0.39 is 11.7 Å². The van der Waals surface area contributed by atoms with Crippen LogP contribution in [0.3, 0.4) is 0 Å². The summed E-state index contributed by atoms with van der Waals surface area (Å²) in [4.78, 5) is 9.19. The number of halogens is 3. The molecule has 2 rings (SSSR count). The first-order valence-corrected chi connectivity index (χ1v) is 10.3. The lowest BCUT2D eigenvalue weighted by Crippen LogP contribution is -2.19. The molecule has 0 radical (unpaired) electrons. The highest BCUT2D eigenvalue weighted by atomic mass is 19.4. The molecule has 1 atom stereocenters. The fourth-order valence-corrected chi connectivity index (χ4v) is 2.76. The molecule has 0 aliphatic rings. The van der Waals surface area contributed by atoms with E-state index in [4.69, 9.17) is 9.47 Å². The summed E-state index contributed by atoms with van der Waals surface area (Å²) in [6.07, 6.45) is 1.09. The molecular formula is C22H30F3N3O2. The van der Waals surface area contributed by atoms with Crippen LogP contribution in [0.2, 0.25) is 0 Å². The summed E-state index contributed by atoms with van der Waals surface area (Å²) in [6, 6.07) is 6.81. The van der Waals surface area contributed by atoms with Gasteiger partial charge in [0.05, 0.1) is 12.7 Å². The van der Waals surface area contributed by atoms with Gasteiger partial charge in [-0.2, -0.15) is 18.2 Å². The van der Waals surface area contributed by atoms with Gasteiger partial charge in [-0.25, -0.2) is 4.98 Å². The van der Waals surface area contributed by atoms with Crippen LogP contribution >= 0.6 is 0 Å². The van der Waals surface area contributed by atoms with Crippen LogP contribution in [0.1, 0.15) is 58.4 Å². The number of ether oxygens (including phenoxy) is 2. The van der Waals surface area contributed by atoms with Gasteiger partial charge in [-0.3, -0.25) is 0 Å². The summed E-state index contributed by atoms with van der Waals surface area (Å²) >= 11 is 0. The van der Waals surface area contributed by atoms with Crippen LogP contribution in [0.5, 0.6) is 11.8 Å². The Morgan fingerprint density at radius 2 is 1.77 bits per heavy atom. The number of anilines is 2. The van der Waals surface area contributed by atoms with Crippen LogP contribution in [0.4, 0.5) is 24.7 Å². The lowest BCUT2D eigenvalue weighted by Gasteiger charge is -2.23. The molecule has 0 bridgehead atoms. The molecule has 0 spiro atoms. The molecule has 0 aliphatic carbocycles. The largest absolute Gasteiger partial charge is 0.491 e. The molecule has 0 fully saturated rings. The van der Waals surface area contributed by atoms with Crippen LogP contribution in [-0.2, 0) is 6.18 Å². The highest BCUT2D eigenvalue weighted by Gasteiger charge is 2.36. The zero-order valence-electron chi connectivity index (χ0n) is 18.0. The highest BCUT2D eigenvalue weighted by Crippen LogP contribution is 2.38. The van der Waals surface area contributed by atoms with Crippen LogP contribution in [0.15, 0.2) is 30.5 Å². The van der Waals surface area contributed by atoms with E-state index in [9.17, 15) is 13.2 Å². The molecule has 8 heteroatoms. The van der Waals surface area contributed by atoms with Crippen molar-refractivity contribution in [1.29, 1.82) is 0 Å². The Morgan fingerprint density at radius 1 is 1.07 bits per heavy atom. The molecule has 0 saturated carbocycles. The molecule has 0 amide bonds. The fourth-order valence-electron chi connectivity index (χ4n) is 2.76. The van der Waals surface area contributed by atoms with Crippen molar-refractivity contribution >= 4 is 11.5 Å². The number of hydrogen-bond acceptors (Lipinski definition) is 5. The predicted molar refractivity (Wildman–Crippen MR) is 112 cm³/mol. The third-order valence-corrected chi connectivity index (χ3v) is 4.73.